The summed E-state index contributed by atoms with van der Waals surface area (Å²) in [5, 5.41) is 4.57. The lowest BCUT2D eigenvalue weighted by Gasteiger charge is -2.19. The monoisotopic (exact) mass is 506 g/mol. The minimum absolute atomic E-state index is 0.00112. The molecule has 3 rings (SSSR count). The number of carbonyl (C=O) groups is 2. The summed E-state index contributed by atoms with van der Waals surface area (Å²) in [6.45, 7) is 1.91. The molecule has 0 saturated carbocycles. The van der Waals surface area contributed by atoms with Crippen LogP contribution in [0.1, 0.15) is 36.1 Å². The molecule has 178 valence electrons. The first kappa shape index (κ1) is 25.6. The van der Waals surface area contributed by atoms with Gasteiger partial charge in [0.05, 0.1) is 16.3 Å². The summed E-state index contributed by atoms with van der Waals surface area (Å²) in [6.07, 6.45) is -3.46. The maximum absolute atomic E-state index is 13.2. The minimum Gasteiger partial charge on any atom is -0.326 e. The second-order valence-corrected chi connectivity index (χ2v) is 9.00. The number of alkyl halides is 3. The van der Waals surface area contributed by atoms with Gasteiger partial charge in [-0.1, -0.05) is 54.9 Å². The third kappa shape index (κ3) is 7.01. The summed E-state index contributed by atoms with van der Waals surface area (Å²) in [5.74, 6) is -0.640. The number of halogens is 4. The number of rotatable bonds is 8. The van der Waals surface area contributed by atoms with Crippen molar-refractivity contribution >= 4 is 46.6 Å². The Labute approximate surface area is 204 Å². The largest absolute Gasteiger partial charge is 0.416 e. The van der Waals surface area contributed by atoms with Crippen molar-refractivity contribution in [3.05, 3.63) is 88.9 Å². The van der Waals surface area contributed by atoms with E-state index in [0.717, 1.165) is 18.2 Å². The van der Waals surface area contributed by atoms with Crippen molar-refractivity contribution < 1.29 is 22.8 Å². The number of carbonyl (C=O) groups excluding carboxylic acids is 2. The molecule has 3 aromatic carbocycles. The lowest BCUT2D eigenvalue weighted by molar-refractivity contribution is -0.137. The highest BCUT2D eigenvalue weighted by molar-refractivity contribution is 8.00. The smallest absolute Gasteiger partial charge is 0.326 e. The average molecular weight is 507 g/mol. The van der Waals surface area contributed by atoms with Gasteiger partial charge in [-0.3, -0.25) is 9.59 Å². The van der Waals surface area contributed by atoms with Gasteiger partial charge in [0, 0.05) is 17.0 Å². The van der Waals surface area contributed by atoms with Crippen LogP contribution in [0.2, 0.25) is 5.02 Å². The zero-order chi connectivity index (χ0) is 24.7. The summed E-state index contributed by atoms with van der Waals surface area (Å²) in [5.41, 5.74) is 0.223. The molecular formula is C25H22ClF3N2O2S. The molecule has 9 heteroatoms. The van der Waals surface area contributed by atoms with Gasteiger partial charge in [-0.15, -0.1) is 11.8 Å². The van der Waals surface area contributed by atoms with Gasteiger partial charge in [-0.05, 0) is 48.4 Å². The average Bonchev–Trinajstić information content (AvgIpc) is 2.79. The molecule has 0 aromatic heterocycles. The van der Waals surface area contributed by atoms with Crippen LogP contribution in [0.3, 0.4) is 0 Å². The van der Waals surface area contributed by atoms with Crippen molar-refractivity contribution in [1.82, 2.24) is 0 Å². The Balaban J connectivity index is 1.87. The standard InChI is InChI=1S/C25H22ClF3N2O2S/c1-2-7-22(32)30-18-10-6-11-19(15-18)34-23(16-8-4-3-5-9-16)24(33)31-21-14-17(25(27,28)29)12-13-20(21)26/h3-6,8-15,23H,2,7H2,1H3,(H,30,32)(H,31,33). The summed E-state index contributed by atoms with van der Waals surface area (Å²) in [6, 6.07) is 18.7. The number of anilines is 2. The van der Waals surface area contributed by atoms with Gasteiger partial charge < -0.3 is 10.6 Å². The van der Waals surface area contributed by atoms with Gasteiger partial charge in [-0.25, -0.2) is 0 Å². The molecule has 0 radical (unpaired) electrons. The number of hydrogen-bond donors (Lipinski definition) is 2. The fourth-order valence-electron chi connectivity index (χ4n) is 3.13. The van der Waals surface area contributed by atoms with Crippen molar-refractivity contribution in [1.29, 1.82) is 0 Å². The first-order valence-electron chi connectivity index (χ1n) is 10.5. The van der Waals surface area contributed by atoms with E-state index in [1.54, 1.807) is 54.6 Å². The molecule has 1 atom stereocenters. The molecule has 0 spiro atoms. The maximum atomic E-state index is 13.2. The van der Waals surface area contributed by atoms with E-state index in [4.69, 9.17) is 11.6 Å². The van der Waals surface area contributed by atoms with Gasteiger partial charge in [0.2, 0.25) is 11.8 Å². The molecule has 0 fully saturated rings. The topological polar surface area (TPSA) is 58.2 Å². The van der Waals surface area contributed by atoms with E-state index in [9.17, 15) is 22.8 Å². The second-order valence-electron chi connectivity index (χ2n) is 7.42. The molecule has 4 nitrogen and oxygen atoms in total. The van der Waals surface area contributed by atoms with E-state index in [2.05, 4.69) is 10.6 Å². The Morgan fingerprint density at radius 2 is 1.71 bits per heavy atom. The summed E-state index contributed by atoms with van der Waals surface area (Å²) in [7, 11) is 0. The highest BCUT2D eigenvalue weighted by atomic mass is 35.5. The Morgan fingerprint density at radius 3 is 2.38 bits per heavy atom. The van der Waals surface area contributed by atoms with Crippen LogP contribution >= 0.6 is 23.4 Å². The molecular weight excluding hydrogens is 485 g/mol. The van der Waals surface area contributed by atoms with E-state index in [1.807, 2.05) is 6.92 Å². The van der Waals surface area contributed by atoms with Gasteiger partial charge >= 0.3 is 6.18 Å². The SMILES string of the molecule is CCCC(=O)Nc1cccc(SC(C(=O)Nc2cc(C(F)(F)F)ccc2Cl)c2ccccc2)c1. The van der Waals surface area contributed by atoms with Crippen LogP contribution in [0.25, 0.3) is 0 Å². The molecule has 3 aromatic rings. The second kappa shape index (κ2) is 11.4. The molecule has 0 bridgehead atoms. The van der Waals surface area contributed by atoms with E-state index < -0.39 is 22.9 Å². The maximum Gasteiger partial charge on any atom is 0.416 e. The van der Waals surface area contributed by atoms with Crippen molar-refractivity contribution in [2.75, 3.05) is 10.6 Å². The first-order valence-corrected chi connectivity index (χ1v) is 11.7. The number of nitrogens with one attached hydrogen (secondary N) is 2. The zero-order valence-electron chi connectivity index (χ0n) is 18.2. The van der Waals surface area contributed by atoms with Gasteiger partial charge in [0.1, 0.15) is 5.25 Å². The quantitative estimate of drug-likeness (QED) is 0.310. The fraction of sp³-hybridized carbons (Fsp3) is 0.200. The van der Waals surface area contributed by atoms with E-state index in [1.165, 1.54) is 11.8 Å². The van der Waals surface area contributed by atoms with Crippen LogP contribution in [0.4, 0.5) is 24.5 Å². The highest BCUT2D eigenvalue weighted by Crippen LogP contribution is 2.39. The van der Waals surface area contributed by atoms with Gasteiger partial charge in [0.25, 0.3) is 0 Å². The van der Waals surface area contributed by atoms with Crippen LogP contribution in [0, 0.1) is 0 Å². The van der Waals surface area contributed by atoms with Crippen molar-refractivity contribution in [3.8, 4) is 0 Å². The number of amides is 2. The summed E-state index contributed by atoms with van der Waals surface area (Å²) < 4.78 is 39.4. The first-order chi connectivity index (χ1) is 16.2. The fourth-order valence-corrected chi connectivity index (χ4v) is 4.38. The van der Waals surface area contributed by atoms with Crippen molar-refractivity contribution in [2.45, 2.75) is 36.1 Å². The number of hydrogen-bond acceptors (Lipinski definition) is 3. The lowest BCUT2D eigenvalue weighted by Crippen LogP contribution is -2.20. The predicted octanol–water partition coefficient (Wildman–Crippen LogP) is 7.57. The molecule has 0 aliphatic heterocycles. The molecule has 0 saturated heterocycles. The van der Waals surface area contributed by atoms with Gasteiger partial charge in [-0.2, -0.15) is 13.2 Å². The third-order valence-electron chi connectivity index (χ3n) is 4.74. The lowest BCUT2D eigenvalue weighted by atomic mass is 10.1. The Kier molecular flexibility index (Phi) is 8.63. The predicted molar refractivity (Wildman–Crippen MR) is 130 cm³/mol. The summed E-state index contributed by atoms with van der Waals surface area (Å²) in [4.78, 5) is 25.9. The van der Waals surface area contributed by atoms with Crippen molar-refractivity contribution in [3.63, 3.8) is 0 Å². The summed E-state index contributed by atoms with van der Waals surface area (Å²) >= 11 is 7.28. The van der Waals surface area contributed by atoms with Crippen LogP contribution in [-0.2, 0) is 15.8 Å². The normalized spacial score (nSPS) is 12.1. The molecule has 1 unspecified atom stereocenters. The Morgan fingerprint density at radius 1 is 0.971 bits per heavy atom. The molecule has 0 aliphatic rings. The highest BCUT2D eigenvalue weighted by Gasteiger charge is 2.31. The molecule has 0 heterocycles. The Hall–Kier alpha value is -2.97. The van der Waals surface area contributed by atoms with Crippen LogP contribution in [-0.4, -0.2) is 11.8 Å². The molecule has 0 aliphatic carbocycles. The molecule has 2 N–H and O–H groups in total. The number of thioether (sulfide) groups is 1. The molecule has 2 amide bonds. The minimum atomic E-state index is -4.57. The third-order valence-corrected chi connectivity index (χ3v) is 6.32. The van der Waals surface area contributed by atoms with Crippen LogP contribution < -0.4 is 10.6 Å². The Bertz CT molecular complexity index is 1160. The van der Waals surface area contributed by atoms with Gasteiger partial charge in [0.15, 0.2) is 0 Å². The number of benzene rings is 3. The zero-order valence-corrected chi connectivity index (χ0v) is 19.7. The van der Waals surface area contributed by atoms with Crippen LogP contribution in [0.5, 0.6) is 0 Å². The van der Waals surface area contributed by atoms with E-state index >= 15 is 0 Å². The van der Waals surface area contributed by atoms with Crippen molar-refractivity contribution in [2.24, 2.45) is 0 Å². The van der Waals surface area contributed by atoms with E-state index in [-0.39, 0.29) is 16.6 Å². The molecule has 34 heavy (non-hydrogen) atoms. The van der Waals surface area contributed by atoms with Crippen LogP contribution in [0.15, 0.2) is 77.7 Å². The van der Waals surface area contributed by atoms with E-state index in [0.29, 0.717) is 29.0 Å².